The number of hydrogen-bond donors (Lipinski definition) is 2. The molecular formula is C17H27N3OS2. The topological polar surface area (TPSA) is 36.5 Å². The molecule has 3 atom stereocenters. The van der Waals surface area contributed by atoms with Crippen LogP contribution in [0, 0.1) is 0 Å². The molecule has 2 aliphatic rings. The third kappa shape index (κ3) is 4.66. The smallest absolute Gasteiger partial charge is 0.166 e. The highest BCUT2D eigenvalue weighted by atomic mass is 32.1. The second kappa shape index (κ2) is 8.42. The lowest BCUT2D eigenvalue weighted by Crippen LogP contribution is -2.57. The average Bonchev–Trinajstić information content (AvgIpc) is 3.01. The summed E-state index contributed by atoms with van der Waals surface area (Å²) in [4.78, 5) is 4.24. The van der Waals surface area contributed by atoms with Crippen LogP contribution in [0.25, 0.3) is 0 Å². The monoisotopic (exact) mass is 353 g/mol. The highest BCUT2D eigenvalue weighted by Gasteiger charge is 2.38. The Kier molecular flexibility index (Phi) is 6.28. The van der Waals surface area contributed by atoms with Gasteiger partial charge in [0, 0.05) is 43.2 Å². The molecule has 0 aliphatic carbocycles. The molecule has 0 spiro atoms. The molecule has 3 rings (SSSR count). The molecule has 0 saturated carbocycles. The lowest BCUT2D eigenvalue weighted by molar-refractivity contribution is 0.0218. The van der Waals surface area contributed by atoms with E-state index in [0.717, 1.165) is 18.2 Å². The van der Waals surface area contributed by atoms with Crippen molar-refractivity contribution >= 4 is 28.7 Å². The second-order valence-corrected chi connectivity index (χ2v) is 7.99. The molecule has 6 heteroatoms. The summed E-state index contributed by atoms with van der Waals surface area (Å²) in [6.45, 7) is 2.58. The maximum Gasteiger partial charge on any atom is 0.166 e. The number of rotatable bonds is 6. The van der Waals surface area contributed by atoms with Crippen LogP contribution >= 0.6 is 23.6 Å². The summed E-state index contributed by atoms with van der Waals surface area (Å²) in [5, 5.41) is 9.71. The van der Waals surface area contributed by atoms with Gasteiger partial charge >= 0.3 is 0 Å². The van der Waals surface area contributed by atoms with E-state index < -0.39 is 0 Å². The van der Waals surface area contributed by atoms with Crippen molar-refractivity contribution in [2.75, 3.05) is 20.3 Å². The minimum Gasteiger partial charge on any atom is -0.383 e. The number of fused-ring (bicyclic) bond motifs is 2. The van der Waals surface area contributed by atoms with Gasteiger partial charge in [-0.05, 0) is 49.3 Å². The van der Waals surface area contributed by atoms with Gasteiger partial charge in [-0.3, -0.25) is 4.90 Å². The highest BCUT2D eigenvalue weighted by molar-refractivity contribution is 7.80. The number of thiophene rings is 1. The Hall–Kier alpha value is -0.690. The van der Waals surface area contributed by atoms with Gasteiger partial charge in [-0.2, -0.15) is 0 Å². The maximum atomic E-state index is 5.41. The third-order valence-electron chi connectivity index (χ3n) is 4.97. The fraction of sp³-hybridized carbons (Fsp3) is 0.706. The van der Waals surface area contributed by atoms with E-state index in [1.807, 2.05) is 11.3 Å². The van der Waals surface area contributed by atoms with Crippen molar-refractivity contribution in [3.8, 4) is 0 Å². The van der Waals surface area contributed by atoms with Crippen LogP contribution in [0.2, 0.25) is 0 Å². The molecule has 0 amide bonds. The van der Waals surface area contributed by atoms with E-state index in [1.165, 1.54) is 37.0 Å². The number of thiocarbonyl (C=S) groups is 1. The number of ether oxygens (including phenoxy) is 1. The van der Waals surface area contributed by atoms with Gasteiger partial charge < -0.3 is 15.4 Å². The standard InChI is InChI=1S/C17H27N3OS2/c1-21-8-7-18-17(22)19-13-10-14-4-2-5-15(11-13)20(14)12-16-6-3-9-23-16/h3,6,9,13-15H,2,4-5,7-8,10-12H2,1H3,(H2,18,19,22)/t13?,14-,15+. The molecule has 0 radical (unpaired) electrons. The van der Waals surface area contributed by atoms with Crippen molar-refractivity contribution in [1.29, 1.82) is 0 Å². The molecule has 128 valence electrons. The minimum absolute atomic E-state index is 0.507. The van der Waals surface area contributed by atoms with Crippen LogP contribution in [0.15, 0.2) is 17.5 Å². The Labute approximate surface area is 148 Å². The van der Waals surface area contributed by atoms with E-state index in [4.69, 9.17) is 17.0 Å². The van der Waals surface area contributed by atoms with E-state index >= 15 is 0 Å². The Morgan fingerprint density at radius 1 is 1.39 bits per heavy atom. The molecule has 0 aromatic carbocycles. The molecular weight excluding hydrogens is 326 g/mol. The zero-order valence-corrected chi connectivity index (χ0v) is 15.4. The summed E-state index contributed by atoms with van der Waals surface area (Å²) in [5.74, 6) is 0. The van der Waals surface area contributed by atoms with Gasteiger partial charge in [0.15, 0.2) is 5.11 Å². The SMILES string of the molecule is COCCNC(=S)NC1C[C@H]2CCC[C@@H](C1)N2Cc1cccs1. The van der Waals surface area contributed by atoms with Crippen LogP contribution in [-0.2, 0) is 11.3 Å². The van der Waals surface area contributed by atoms with E-state index in [2.05, 4.69) is 33.0 Å². The van der Waals surface area contributed by atoms with Gasteiger partial charge in [-0.15, -0.1) is 11.3 Å². The Bertz CT molecular complexity index is 480. The molecule has 2 saturated heterocycles. The van der Waals surface area contributed by atoms with Gasteiger partial charge in [-0.1, -0.05) is 12.5 Å². The van der Waals surface area contributed by atoms with Gasteiger partial charge in [0.05, 0.1) is 6.61 Å². The lowest BCUT2D eigenvalue weighted by atomic mass is 9.81. The molecule has 1 aromatic heterocycles. The fourth-order valence-electron chi connectivity index (χ4n) is 3.94. The van der Waals surface area contributed by atoms with E-state index in [1.54, 1.807) is 7.11 Å². The number of nitrogens with zero attached hydrogens (tertiary/aromatic N) is 1. The van der Waals surface area contributed by atoms with Gasteiger partial charge in [0.25, 0.3) is 0 Å². The highest BCUT2D eigenvalue weighted by Crippen LogP contribution is 2.35. The van der Waals surface area contributed by atoms with Crippen molar-refractivity contribution < 1.29 is 4.74 Å². The fourth-order valence-corrected chi connectivity index (χ4v) is 4.92. The van der Waals surface area contributed by atoms with E-state index in [0.29, 0.717) is 24.7 Å². The number of hydrogen-bond acceptors (Lipinski definition) is 4. The van der Waals surface area contributed by atoms with Crippen LogP contribution in [-0.4, -0.2) is 48.4 Å². The molecule has 4 nitrogen and oxygen atoms in total. The van der Waals surface area contributed by atoms with Crippen molar-refractivity contribution in [1.82, 2.24) is 15.5 Å². The largest absolute Gasteiger partial charge is 0.383 e. The molecule has 2 aliphatic heterocycles. The van der Waals surface area contributed by atoms with Gasteiger partial charge in [0.2, 0.25) is 0 Å². The number of methoxy groups -OCH3 is 1. The van der Waals surface area contributed by atoms with Crippen LogP contribution in [0.3, 0.4) is 0 Å². The van der Waals surface area contributed by atoms with Crippen molar-refractivity contribution in [2.45, 2.75) is 56.8 Å². The van der Waals surface area contributed by atoms with Crippen molar-refractivity contribution in [3.63, 3.8) is 0 Å². The first-order valence-electron chi connectivity index (χ1n) is 8.57. The van der Waals surface area contributed by atoms with Crippen LogP contribution < -0.4 is 10.6 Å². The molecule has 1 unspecified atom stereocenters. The molecule has 2 fully saturated rings. The number of piperidine rings is 2. The first-order chi connectivity index (χ1) is 11.3. The normalized spacial score (nSPS) is 27.6. The first-order valence-corrected chi connectivity index (χ1v) is 9.86. The summed E-state index contributed by atoms with van der Waals surface area (Å²) in [5.41, 5.74) is 0. The second-order valence-electron chi connectivity index (χ2n) is 6.55. The predicted octanol–water partition coefficient (Wildman–Crippen LogP) is 2.74. The zero-order valence-electron chi connectivity index (χ0n) is 13.8. The van der Waals surface area contributed by atoms with Crippen molar-refractivity contribution in [3.05, 3.63) is 22.4 Å². The molecule has 1 aromatic rings. The van der Waals surface area contributed by atoms with Crippen LogP contribution in [0.5, 0.6) is 0 Å². The summed E-state index contributed by atoms with van der Waals surface area (Å²) in [7, 11) is 1.71. The molecule has 2 N–H and O–H groups in total. The Morgan fingerprint density at radius 2 is 2.17 bits per heavy atom. The lowest BCUT2D eigenvalue weighted by Gasteiger charge is -2.49. The first kappa shape index (κ1) is 17.1. The van der Waals surface area contributed by atoms with Crippen molar-refractivity contribution in [2.24, 2.45) is 0 Å². The average molecular weight is 354 g/mol. The summed E-state index contributed by atoms with van der Waals surface area (Å²) in [6, 6.07) is 6.33. The zero-order chi connectivity index (χ0) is 16.1. The third-order valence-corrected chi connectivity index (χ3v) is 6.09. The summed E-state index contributed by atoms with van der Waals surface area (Å²) in [6.07, 6.45) is 6.43. The Morgan fingerprint density at radius 3 is 2.83 bits per heavy atom. The van der Waals surface area contributed by atoms with Crippen LogP contribution in [0.4, 0.5) is 0 Å². The van der Waals surface area contributed by atoms with Gasteiger partial charge in [0.1, 0.15) is 0 Å². The quantitative estimate of drug-likeness (QED) is 0.607. The van der Waals surface area contributed by atoms with E-state index in [9.17, 15) is 0 Å². The predicted molar refractivity (Wildman–Crippen MR) is 99.9 cm³/mol. The summed E-state index contributed by atoms with van der Waals surface area (Å²) < 4.78 is 5.05. The molecule has 2 bridgehead atoms. The van der Waals surface area contributed by atoms with E-state index in [-0.39, 0.29) is 0 Å². The molecule has 3 heterocycles. The summed E-state index contributed by atoms with van der Waals surface area (Å²) >= 11 is 7.29. The number of nitrogens with one attached hydrogen (secondary N) is 2. The molecule has 23 heavy (non-hydrogen) atoms. The Balaban J connectivity index is 1.52. The maximum absolute atomic E-state index is 5.41. The van der Waals surface area contributed by atoms with Gasteiger partial charge in [-0.25, -0.2) is 0 Å². The minimum atomic E-state index is 0.507. The van der Waals surface area contributed by atoms with Crippen LogP contribution in [0.1, 0.15) is 37.0 Å².